The molecular weight excluding hydrogens is 280 g/mol. The quantitative estimate of drug-likeness (QED) is 0.669. The van der Waals surface area contributed by atoms with Crippen LogP contribution in [0.25, 0.3) is 0 Å². The molecule has 0 heterocycles. The van der Waals surface area contributed by atoms with Crippen LogP contribution in [0.15, 0.2) is 18.2 Å². The number of nitrogens with zero attached hydrogens (tertiary/aromatic N) is 1. The number of hydrogen-bond acceptors (Lipinski definition) is 4. The third kappa shape index (κ3) is 3.87. The zero-order valence-corrected chi connectivity index (χ0v) is 12.6. The first-order chi connectivity index (χ1) is 9.38. The Morgan fingerprint density at radius 1 is 1.40 bits per heavy atom. The van der Waals surface area contributed by atoms with Gasteiger partial charge in [0.2, 0.25) is 0 Å². The maximum atomic E-state index is 12.5. The Balaban J connectivity index is 3.00. The van der Waals surface area contributed by atoms with E-state index in [1.807, 2.05) is 13.8 Å². The highest BCUT2D eigenvalue weighted by atomic mass is 35.5. The highest BCUT2D eigenvalue weighted by Crippen LogP contribution is 2.24. The first kappa shape index (κ1) is 16.3. The lowest BCUT2D eigenvalue weighted by molar-refractivity contribution is -0.144. The number of para-hydroxylation sites is 1. The van der Waals surface area contributed by atoms with Crippen molar-refractivity contribution in [3.8, 4) is 0 Å². The van der Waals surface area contributed by atoms with E-state index in [-0.39, 0.29) is 36.4 Å². The van der Waals surface area contributed by atoms with Crippen LogP contribution < -0.4 is 5.73 Å². The predicted molar refractivity (Wildman–Crippen MR) is 78.7 cm³/mol. The standard InChI is InChI=1S/C14H19ClN2O3/c1-4-20-12(18)8-17(9(2)3)14(19)10-6-5-7-11(15)13(10)16/h5-7,9H,4,8,16H2,1-3H3. The van der Waals surface area contributed by atoms with Crippen molar-refractivity contribution in [2.45, 2.75) is 26.8 Å². The molecule has 0 unspecified atom stereocenters. The first-order valence-corrected chi connectivity index (χ1v) is 6.76. The number of anilines is 1. The Labute approximate surface area is 123 Å². The smallest absolute Gasteiger partial charge is 0.325 e. The predicted octanol–water partition coefficient (Wildman–Crippen LogP) is 2.34. The van der Waals surface area contributed by atoms with Crippen molar-refractivity contribution in [1.29, 1.82) is 0 Å². The van der Waals surface area contributed by atoms with Gasteiger partial charge in [-0.05, 0) is 32.9 Å². The molecule has 0 bridgehead atoms. The van der Waals surface area contributed by atoms with Gasteiger partial charge in [0.05, 0.1) is 22.9 Å². The average molecular weight is 299 g/mol. The van der Waals surface area contributed by atoms with Gasteiger partial charge in [0, 0.05) is 6.04 Å². The molecule has 1 aromatic carbocycles. The fourth-order valence-corrected chi connectivity index (χ4v) is 1.89. The molecule has 5 nitrogen and oxygen atoms in total. The van der Waals surface area contributed by atoms with E-state index in [0.29, 0.717) is 5.02 Å². The summed E-state index contributed by atoms with van der Waals surface area (Å²) < 4.78 is 4.87. The van der Waals surface area contributed by atoms with Gasteiger partial charge in [-0.15, -0.1) is 0 Å². The zero-order chi connectivity index (χ0) is 15.3. The fourth-order valence-electron chi connectivity index (χ4n) is 1.71. The second-order valence-corrected chi connectivity index (χ2v) is 4.94. The highest BCUT2D eigenvalue weighted by Gasteiger charge is 2.24. The van der Waals surface area contributed by atoms with E-state index in [0.717, 1.165) is 0 Å². The number of halogens is 1. The van der Waals surface area contributed by atoms with Gasteiger partial charge in [-0.25, -0.2) is 0 Å². The van der Waals surface area contributed by atoms with Gasteiger partial charge in [0.25, 0.3) is 5.91 Å². The minimum Gasteiger partial charge on any atom is -0.465 e. The molecule has 0 saturated carbocycles. The van der Waals surface area contributed by atoms with Crippen LogP contribution in [0.1, 0.15) is 31.1 Å². The zero-order valence-electron chi connectivity index (χ0n) is 11.9. The van der Waals surface area contributed by atoms with Crippen LogP contribution in [0.3, 0.4) is 0 Å². The molecule has 0 fully saturated rings. The van der Waals surface area contributed by atoms with Gasteiger partial charge >= 0.3 is 5.97 Å². The molecule has 6 heteroatoms. The van der Waals surface area contributed by atoms with E-state index in [1.54, 1.807) is 25.1 Å². The third-order valence-electron chi connectivity index (χ3n) is 2.77. The van der Waals surface area contributed by atoms with Crippen molar-refractivity contribution in [2.75, 3.05) is 18.9 Å². The van der Waals surface area contributed by atoms with Crippen molar-refractivity contribution in [1.82, 2.24) is 4.90 Å². The minimum atomic E-state index is -0.449. The normalized spacial score (nSPS) is 10.4. The molecule has 1 amide bonds. The van der Waals surface area contributed by atoms with Crippen LogP contribution >= 0.6 is 11.6 Å². The summed E-state index contributed by atoms with van der Waals surface area (Å²) in [5, 5.41) is 0.315. The monoisotopic (exact) mass is 298 g/mol. The fraction of sp³-hybridized carbons (Fsp3) is 0.429. The van der Waals surface area contributed by atoms with Crippen LogP contribution in [-0.4, -0.2) is 36.0 Å². The molecule has 2 N–H and O–H groups in total. The van der Waals surface area contributed by atoms with E-state index in [9.17, 15) is 9.59 Å². The Morgan fingerprint density at radius 3 is 2.60 bits per heavy atom. The summed E-state index contributed by atoms with van der Waals surface area (Å²) in [5.41, 5.74) is 6.32. The molecule has 0 aliphatic heterocycles. The second-order valence-electron chi connectivity index (χ2n) is 4.53. The Bertz CT molecular complexity index is 503. The lowest BCUT2D eigenvalue weighted by atomic mass is 10.1. The maximum Gasteiger partial charge on any atom is 0.325 e. The molecule has 0 atom stereocenters. The van der Waals surface area contributed by atoms with Crippen LogP contribution in [0.2, 0.25) is 5.02 Å². The van der Waals surface area contributed by atoms with Crippen molar-refractivity contribution in [3.05, 3.63) is 28.8 Å². The molecule has 0 spiro atoms. The summed E-state index contributed by atoms with van der Waals surface area (Å²) >= 11 is 5.91. The third-order valence-corrected chi connectivity index (χ3v) is 3.10. The number of hydrogen-bond donors (Lipinski definition) is 1. The Kier molecular flexibility index (Phi) is 5.82. The molecule has 1 aromatic rings. The maximum absolute atomic E-state index is 12.5. The molecule has 20 heavy (non-hydrogen) atoms. The number of amides is 1. The van der Waals surface area contributed by atoms with Gasteiger partial charge < -0.3 is 15.4 Å². The van der Waals surface area contributed by atoms with Crippen molar-refractivity contribution in [2.24, 2.45) is 0 Å². The topological polar surface area (TPSA) is 72.6 Å². The molecule has 110 valence electrons. The van der Waals surface area contributed by atoms with Gasteiger partial charge in [-0.3, -0.25) is 9.59 Å². The number of ether oxygens (including phenoxy) is 1. The molecular formula is C14H19ClN2O3. The number of carbonyl (C=O) groups excluding carboxylic acids is 2. The summed E-state index contributed by atoms with van der Waals surface area (Å²) in [4.78, 5) is 25.5. The van der Waals surface area contributed by atoms with Crippen molar-refractivity contribution < 1.29 is 14.3 Å². The van der Waals surface area contributed by atoms with Crippen LogP contribution in [0, 0.1) is 0 Å². The van der Waals surface area contributed by atoms with Gasteiger partial charge in [-0.1, -0.05) is 17.7 Å². The summed E-state index contributed by atoms with van der Waals surface area (Å²) in [6, 6.07) is 4.68. The number of rotatable bonds is 5. The summed E-state index contributed by atoms with van der Waals surface area (Å²) in [6.07, 6.45) is 0. The lowest BCUT2D eigenvalue weighted by Gasteiger charge is -2.26. The van der Waals surface area contributed by atoms with E-state index >= 15 is 0 Å². The van der Waals surface area contributed by atoms with Gasteiger partial charge in [-0.2, -0.15) is 0 Å². The SMILES string of the molecule is CCOC(=O)CN(C(=O)c1cccc(Cl)c1N)C(C)C. The number of nitrogen functional groups attached to an aromatic ring is 1. The average Bonchev–Trinajstić information content (AvgIpc) is 2.38. The summed E-state index contributed by atoms with van der Waals surface area (Å²) in [5.74, 6) is -0.789. The molecule has 0 aromatic heterocycles. The van der Waals surface area contributed by atoms with E-state index in [4.69, 9.17) is 22.1 Å². The Morgan fingerprint density at radius 2 is 2.05 bits per heavy atom. The number of esters is 1. The number of benzene rings is 1. The number of carbonyl (C=O) groups is 2. The minimum absolute atomic E-state index is 0.115. The first-order valence-electron chi connectivity index (χ1n) is 6.39. The van der Waals surface area contributed by atoms with Crippen molar-refractivity contribution in [3.63, 3.8) is 0 Å². The molecule has 1 rings (SSSR count). The molecule has 0 saturated heterocycles. The molecule has 0 radical (unpaired) electrons. The lowest BCUT2D eigenvalue weighted by Crippen LogP contribution is -2.41. The largest absolute Gasteiger partial charge is 0.465 e. The van der Waals surface area contributed by atoms with Gasteiger partial charge in [0.15, 0.2) is 0 Å². The Hall–Kier alpha value is -1.75. The van der Waals surface area contributed by atoms with E-state index in [2.05, 4.69) is 0 Å². The summed E-state index contributed by atoms with van der Waals surface area (Å²) in [6.45, 7) is 5.51. The van der Waals surface area contributed by atoms with Crippen molar-refractivity contribution >= 4 is 29.2 Å². The van der Waals surface area contributed by atoms with Crippen LogP contribution in [-0.2, 0) is 9.53 Å². The van der Waals surface area contributed by atoms with Crippen LogP contribution in [0.5, 0.6) is 0 Å². The summed E-state index contributed by atoms with van der Waals surface area (Å²) in [7, 11) is 0. The second kappa shape index (κ2) is 7.14. The highest BCUT2D eigenvalue weighted by molar-refractivity contribution is 6.33. The van der Waals surface area contributed by atoms with Crippen LogP contribution in [0.4, 0.5) is 5.69 Å². The molecule has 0 aliphatic rings. The van der Waals surface area contributed by atoms with E-state index < -0.39 is 5.97 Å². The van der Waals surface area contributed by atoms with E-state index in [1.165, 1.54) is 4.90 Å². The van der Waals surface area contributed by atoms with Gasteiger partial charge in [0.1, 0.15) is 6.54 Å². The molecule has 0 aliphatic carbocycles. The number of nitrogens with two attached hydrogens (primary N) is 1.